The van der Waals surface area contributed by atoms with E-state index < -0.39 is 5.92 Å². The van der Waals surface area contributed by atoms with Crippen molar-refractivity contribution in [1.82, 2.24) is 0 Å². The van der Waals surface area contributed by atoms with E-state index in [1.807, 2.05) is 49.4 Å². The molecule has 3 nitrogen and oxygen atoms in total. The molecule has 2 rings (SSSR count). The van der Waals surface area contributed by atoms with Crippen LogP contribution in [-0.2, 0) is 11.2 Å². The smallest absolute Gasteiger partial charge is 0.242 e. The van der Waals surface area contributed by atoms with Crippen LogP contribution in [0.2, 0.25) is 5.02 Å². The molecule has 0 aromatic heterocycles. The van der Waals surface area contributed by atoms with Gasteiger partial charge in [-0.1, -0.05) is 54.1 Å². The van der Waals surface area contributed by atoms with Crippen molar-refractivity contribution in [3.8, 4) is 6.07 Å². The van der Waals surface area contributed by atoms with Gasteiger partial charge in [0.25, 0.3) is 0 Å². The van der Waals surface area contributed by atoms with Gasteiger partial charge in [0.05, 0.1) is 16.8 Å². The number of aryl methyl sites for hydroxylation is 1. The van der Waals surface area contributed by atoms with E-state index in [9.17, 15) is 10.1 Å². The van der Waals surface area contributed by atoms with Crippen LogP contribution in [0.15, 0.2) is 48.5 Å². The fourth-order valence-electron chi connectivity index (χ4n) is 2.05. The number of hydrogen-bond acceptors (Lipinski definition) is 2. The number of rotatable bonds is 4. The highest BCUT2D eigenvalue weighted by Gasteiger charge is 2.20. The van der Waals surface area contributed by atoms with Crippen molar-refractivity contribution in [3.05, 3.63) is 64.7 Å². The SMILES string of the molecule is Cc1cccc(Cl)c1NC(=O)C(C#N)Cc1ccccc1. The normalized spacial score (nSPS) is 11.5. The van der Waals surface area contributed by atoms with Crippen LogP contribution in [0.4, 0.5) is 5.69 Å². The first kappa shape index (κ1) is 15.1. The Morgan fingerprint density at radius 1 is 1.24 bits per heavy atom. The van der Waals surface area contributed by atoms with Crippen LogP contribution in [0.5, 0.6) is 0 Å². The molecule has 0 saturated carbocycles. The summed E-state index contributed by atoms with van der Waals surface area (Å²) in [6.07, 6.45) is 0.382. The maximum absolute atomic E-state index is 12.3. The number of nitriles is 1. The molecule has 0 aliphatic rings. The quantitative estimate of drug-likeness (QED) is 0.928. The van der Waals surface area contributed by atoms with Crippen molar-refractivity contribution >= 4 is 23.2 Å². The molecule has 0 saturated heterocycles. The van der Waals surface area contributed by atoms with E-state index in [-0.39, 0.29) is 5.91 Å². The number of hydrogen-bond donors (Lipinski definition) is 1. The van der Waals surface area contributed by atoms with Gasteiger partial charge in [0.1, 0.15) is 5.92 Å². The predicted octanol–water partition coefficient (Wildman–Crippen LogP) is 3.97. The van der Waals surface area contributed by atoms with Crippen molar-refractivity contribution in [2.24, 2.45) is 5.92 Å². The maximum Gasteiger partial charge on any atom is 0.242 e. The number of anilines is 1. The van der Waals surface area contributed by atoms with Gasteiger partial charge in [-0.2, -0.15) is 5.26 Å². The molecule has 1 N–H and O–H groups in total. The standard InChI is InChI=1S/C17H15ClN2O/c1-12-6-5-9-15(18)16(12)20-17(21)14(11-19)10-13-7-3-2-4-8-13/h2-9,14H,10H2,1H3,(H,20,21). The van der Waals surface area contributed by atoms with Crippen molar-refractivity contribution < 1.29 is 4.79 Å². The highest BCUT2D eigenvalue weighted by Crippen LogP contribution is 2.26. The van der Waals surface area contributed by atoms with Crippen LogP contribution in [0, 0.1) is 24.2 Å². The zero-order valence-corrected chi connectivity index (χ0v) is 12.4. The zero-order chi connectivity index (χ0) is 15.2. The molecule has 0 spiro atoms. The molecular weight excluding hydrogens is 284 g/mol. The Morgan fingerprint density at radius 3 is 2.57 bits per heavy atom. The average molecular weight is 299 g/mol. The Labute approximate surface area is 129 Å². The molecule has 21 heavy (non-hydrogen) atoms. The van der Waals surface area contributed by atoms with Gasteiger partial charge in [-0.3, -0.25) is 4.79 Å². The topological polar surface area (TPSA) is 52.9 Å². The monoisotopic (exact) mass is 298 g/mol. The Bertz CT molecular complexity index is 657. The lowest BCUT2D eigenvalue weighted by Gasteiger charge is -2.13. The molecule has 1 unspecified atom stereocenters. The minimum atomic E-state index is -0.747. The molecule has 1 amide bonds. The summed E-state index contributed by atoms with van der Waals surface area (Å²) in [6, 6.07) is 16.9. The molecule has 2 aromatic rings. The summed E-state index contributed by atoms with van der Waals surface area (Å²) < 4.78 is 0. The van der Waals surface area contributed by atoms with Gasteiger partial charge in [-0.25, -0.2) is 0 Å². The highest BCUT2D eigenvalue weighted by molar-refractivity contribution is 6.34. The van der Waals surface area contributed by atoms with E-state index >= 15 is 0 Å². The second kappa shape index (κ2) is 6.92. The zero-order valence-electron chi connectivity index (χ0n) is 11.6. The number of halogens is 1. The molecule has 0 fully saturated rings. The molecule has 106 valence electrons. The summed E-state index contributed by atoms with van der Waals surface area (Å²) >= 11 is 6.08. The summed E-state index contributed by atoms with van der Waals surface area (Å²) in [5.74, 6) is -1.08. The molecule has 1 atom stereocenters. The molecule has 0 radical (unpaired) electrons. The molecule has 0 aliphatic heterocycles. The molecule has 0 bridgehead atoms. The lowest BCUT2D eigenvalue weighted by atomic mass is 9.99. The minimum Gasteiger partial charge on any atom is -0.323 e. The fraction of sp³-hybridized carbons (Fsp3) is 0.176. The first-order valence-electron chi connectivity index (χ1n) is 6.61. The number of carbonyl (C=O) groups is 1. The van der Waals surface area contributed by atoms with Gasteiger partial charge in [0.2, 0.25) is 5.91 Å². The maximum atomic E-state index is 12.3. The van der Waals surface area contributed by atoms with Crippen molar-refractivity contribution in [3.63, 3.8) is 0 Å². The van der Waals surface area contributed by atoms with Crippen LogP contribution in [0.25, 0.3) is 0 Å². The molecule has 2 aromatic carbocycles. The van der Waals surface area contributed by atoms with Crippen LogP contribution in [-0.4, -0.2) is 5.91 Å². The molecule has 4 heteroatoms. The van der Waals surface area contributed by atoms with Crippen LogP contribution >= 0.6 is 11.6 Å². The van der Waals surface area contributed by atoms with E-state index in [4.69, 9.17) is 11.6 Å². The summed E-state index contributed by atoms with van der Waals surface area (Å²) in [5.41, 5.74) is 2.39. The highest BCUT2D eigenvalue weighted by atomic mass is 35.5. The second-order valence-corrected chi connectivity index (χ2v) is 5.20. The number of nitrogens with one attached hydrogen (secondary N) is 1. The van der Waals surface area contributed by atoms with E-state index in [0.717, 1.165) is 11.1 Å². The molecule has 0 heterocycles. The summed E-state index contributed by atoms with van der Waals surface area (Å²) in [4.78, 5) is 12.3. The predicted molar refractivity (Wildman–Crippen MR) is 84.1 cm³/mol. The summed E-state index contributed by atoms with van der Waals surface area (Å²) in [7, 11) is 0. The average Bonchev–Trinajstić information content (AvgIpc) is 2.49. The number of para-hydroxylation sites is 1. The number of amides is 1. The largest absolute Gasteiger partial charge is 0.323 e. The van der Waals surface area contributed by atoms with Gasteiger partial charge in [0, 0.05) is 0 Å². The first-order valence-corrected chi connectivity index (χ1v) is 6.99. The van der Waals surface area contributed by atoms with Crippen molar-refractivity contribution in [2.45, 2.75) is 13.3 Å². The number of benzene rings is 2. The Kier molecular flexibility index (Phi) is 4.97. The molecular formula is C17H15ClN2O. The van der Waals surface area contributed by atoms with Crippen LogP contribution < -0.4 is 5.32 Å². The van der Waals surface area contributed by atoms with E-state index in [1.54, 1.807) is 6.07 Å². The van der Waals surface area contributed by atoms with E-state index in [0.29, 0.717) is 17.1 Å². The summed E-state index contributed by atoms with van der Waals surface area (Å²) in [5, 5.41) is 12.5. The third kappa shape index (κ3) is 3.84. The first-order chi connectivity index (χ1) is 10.1. The minimum absolute atomic E-state index is 0.336. The van der Waals surface area contributed by atoms with E-state index in [2.05, 4.69) is 11.4 Å². The van der Waals surface area contributed by atoms with Crippen LogP contribution in [0.1, 0.15) is 11.1 Å². The summed E-state index contributed by atoms with van der Waals surface area (Å²) in [6.45, 7) is 1.86. The van der Waals surface area contributed by atoms with E-state index in [1.165, 1.54) is 0 Å². The lowest BCUT2D eigenvalue weighted by Crippen LogP contribution is -2.24. The fourth-order valence-corrected chi connectivity index (χ4v) is 2.32. The van der Waals surface area contributed by atoms with Gasteiger partial charge in [0.15, 0.2) is 0 Å². The van der Waals surface area contributed by atoms with Crippen LogP contribution in [0.3, 0.4) is 0 Å². The third-order valence-corrected chi connectivity index (χ3v) is 3.54. The Balaban J connectivity index is 2.13. The Morgan fingerprint density at radius 2 is 1.95 bits per heavy atom. The Hall–Kier alpha value is -2.31. The van der Waals surface area contributed by atoms with Gasteiger partial charge >= 0.3 is 0 Å². The number of nitrogens with zero attached hydrogens (tertiary/aromatic N) is 1. The number of carbonyl (C=O) groups excluding carboxylic acids is 1. The van der Waals surface area contributed by atoms with Gasteiger partial charge in [-0.05, 0) is 30.5 Å². The van der Waals surface area contributed by atoms with Crippen molar-refractivity contribution in [2.75, 3.05) is 5.32 Å². The molecule has 0 aliphatic carbocycles. The van der Waals surface area contributed by atoms with Gasteiger partial charge in [-0.15, -0.1) is 0 Å². The van der Waals surface area contributed by atoms with Gasteiger partial charge < -0.3 is 5.32 Å². The third-order valence-electron chi connectivity index (χ3n) is 3.23. The lowest BCUT2D eigenvalue weighted by molar-refractivity contribution is -0.118. The second-order valence-electron chi connectivity index (χ2n) is 4.79. The van der Waals surface area contributed by atoms with Crippen molar-refractivity contribution in [1.29, 1.82) is 5.26 Å².